The molecule has 2 amide bonds. The lowest BCUT2D eigenvalue weighted by atomic mass is 10.1. The van der Waals surface area contributed by atoms with Crippen molar-refractivity contribution >= 4 is 18.0 Å². The molecule has 7 nitrogen and oxygen atoms in total. The van der Waals surface area contributed by atoms with Crippen molar-refractivity contribution < 1.29 is 24.2 Å². The highest BCUT2D eigenvalue weighted by Crippen LogP contribution is 2.25. The van der Waals surface area contributed by atoms with E-state index in [1.807, 2.05) is 30.3 Å². The number of carboxylic acid groups (broad SMARTS) is 1. The van der Waals surface area contributed by atoms with Crippen LogP contribution < -0.4 is 0 Å². The van der Waals surface area contributed by atoms with Crippen molar-refractivity contribution in [2.24, 2.45) is 5.92 Å². The van der Waals surface area contributed by atoms with Crippen molar-refractivity contribution in [2.45, 2.75) is 19.1 Å². The predicted octanol–water partition coefficient (Wildman–Crippen LogP) is 0.940. The number of aliphatic carboxylic acids is 1. The third-order valence-electron chi connectivity index (χ3n) is 4.27. The van der Waals surface area contributed by atoms with Gasteiger partial charge in [-0.1, -0.05) is 30.3 Å². The van der Waals surface area contributed by atoms with Crippen molar-refractivity contribution in [3.8, 4) is 0 Å². The summed E-state index contributed by atoms with van der Waals surface area (Å²) in [5.41, 5.74) is 0.914. The number of carboxylic acids is 1. The molecular formula is C16H18N2O5. The number of likely N-dealkylation sites (tertiary alicyclic amines) is 2. The second kappa shape index (κ2) is 6.28. The fraction of sp³-hybridized carbons (Fsp3) is 0.438. The highest BCUT2D eigenvalue weighted by molar-refractivity contribution is 5.86. The normalized spacial score (nSPS) is 21.2. The number of carbonyl (C=O) groups is 3. The smallest absolute Gasteiger partial charge is 0.410 e. The minimum Gasteiger partial charge on any atom is -0.481 e. The minimum atomic E-state index is -0.945. The fourth-order valence-electron chi connectivity index (χ4n) is 2.86. The van der Waals surface area contributed by atoms with Gasteiger partial charge in [0.2, 0.25) is 5.91 Å². The molecule has 0 aromatic heterocycles. The first-order valence-corrected chi connectivity index (χ1v) is 7.52. The number of nitrogens with zero attached hydrogens (tertiary/aromatic N) is 2. The zero-order valence-electron chi connectivity index (χ0n) is 12.6. The van der Waals surface area contributed by atoms with E-state index >= 15 is 0 Å². The summed E-state index contributed by atoms with van der Waals surface area (Å²) < 4.78 is 5.22. The molecule has 2 saturated heterocycles. The van der Waals surface area contributed by atoms with Gasteiger partial charge in [0.15, 0.2) is 0 Å². The van der Waals surface area contributed by atoms with Crippen LogP contribution in [-0.4, -0.2) is 58.6 Å². The van der Waals surface area contributed by atoms with Crippen LogP contribution in [-0.2, 0) is 20.9 Å². The van der Waals surface area contributed by atoms with Crippen molar-refractivity contribution in [2.75, 3.05) is 19.6 Å². The predicted molar refractivity (Wildman–Crippen MR) is 79.4 cm³/mol. The van der Waals surface area contributed by atoms with Gasteiger partial charge in [-0.2, -0.15) is 0 Å². The molecule has 1 atom stereocenters. The van der Waals surface area contributed by atoms with Crippen LogP contribution in [0.5, 0.6) is 0 Å². The van der Waals surface area contributed by atoms with Crippen LogP contribution in [0.4, 0.5) is 4.79 Å². The van der Waals surface area contributed by atoms with Crippen LogP contribution in [0.15, 0.2) is 30.3 Å². The Bertz CT molecular complexity index is 612. The summed E-state index contributed by atoms with van der Waals surface area (Å²) in [5, 5.41) is 8.98. The van der Waals surface area contributed by atoms with E-state index in [-0.39, 0.29) is 31.5 Å². The molecular weight excluding hydrogens is 300 g/mol. The van der Waals surface area contributed by atoms with Gasteiger partial charge in [0.25, 0.3) is 0 Å². The molecule has 0 saturated carbocycles. The standard InChI is InChI=1S/C16H18N2O5/c19-14-6-12(15(20)21)7-18(14)13-8-17(9-13)16(22)23-10-11-4-2-1-3-5-11/h1-5,12-13H,6-10H2,(H,20,21). The third kappa shape index (κ3) is 3.28. The Morgan fingerprint density at radius 1 is 1.17 bits per heavy atom. The zero-order chi connectivity index (χ0) is 16.4. The van der Waals surface area contributed by atoms with Gasteiger partial charge in [-0.05, 0) is 5.56 Å². The van der Waals surface area contributed by atoms with E-state index in [1.165, 1.54) is 4.90 Å². The van der Waals surface area contributed by atoms with Gasteiger partial charge in [-0.25, -0.2) is 4.79 Å². The monoisotopic (exact) mass is 318 g/mol. The molecule has 0 bridgehead atoms. The molecule has 7 heteroatoms. The van der Waals surface area contributed by atoms with E-state index < -0.39 is 18.0 Å². The van der Waals surface area contributed by atoms with Crippen LogP contribution in [0.25, 0.3) is 0 Å². The quantitative estimate of drug-likeness (QED) is 0.893. The van der Waals surface area contributed by atoms with Crippen molar-refractivity contribution in [1.82, 2.24) is 9.80 Å². The number of amides is 2. The molecule has 1 aromatic rings. The molecule has 1 aromatic carbocycles. The average molecular weight is 318 g/mol. The Morgan fingerprint density at radius 2 is 1.87 bits per heavy atom. The molecule has 2 heterocycles. The summed E-state index contributed by atoms with van der Waals surface area (Å²) in [7, 11) is 0. The van der Waals surface area contributed by atoms with Gasteiger partial charge in [-0.15, -0.1) is 0 Å². The van der Waals surface area contributed by atoms with Crippen molar-refractivity contribution in [1.29, 1.82) is 0 Å². The second-order valence-electron chi connectivity index (χ2n) is 5.88. The first-order chi connectivity index (χ1) is 11.0. The number of benzene rings is 1. The number of ether oxygens (including phenoxy) is 1. The highest BCUT2D eigenvalue weighted by Gasteiger charge is 2.43. The molecule has 3 rings (SSSR count). The summed E-state index contributed by atoms with van der Waals surface area (Å²) in [6.45, 7) is 1.23. The van der Waals surface area contributed by atoms with Crippen molar-refractivity contribution in [3.05, 3.63) is 35.9 Å². The van der Waals surface area contributed by atoms with E-state index in [2.05, 4.69) is 0 Å². The van der Waals surface area contributed by atoms with Crippen molar-refractivity contribution in [3.63, 3.8) is 0 Å². The number of rotatable bonds is 4. The Hall–Kier alpha value is -2.57. The van der Waals surface area contributed by atoms with Crippen LogP contribution in [0.3, 0.4) is 0 Å². The van der Waals surface area contributed by atoms with E-state index in [4.69, 9.17) is 9.84 Å². The van der Waals surface area contributed by atoms with E-state index in [9.17, 15) is 14.4 Å². The van der Waals surface area contributed by atoms with Crippen LogP contribution in [0, 0.1) is 5.92 Å². The first kappa shape index (κ1) is 15.3. The van der Waals surface area contributed by atoms with Crippen LogP contribution >= 0.6 is 0 Å². The highest BCUT2D eigenvalue weighted by atomic mass is 16.6. The largest absolute Gasteiger partial charge is 0.481 e. The SMILES string of the molecule is O=C(O)C1CC(=O)N(C2CN(C(=O)OCc3ccccc3)C2)C1. The van der Waals surface area contributed by atoms with E-state index in [0.717, 1.165) is 5.56 Å². The van der Waals surface area contributed by atoms with Gasteiger partial charge in [0.1, 0.15) is 6.61 Å². The minimum absolute atomic E-state index is 0.0459. The first-order valence-electron chi connectivity index (χ1n) is 7.52. The lowest BCUT2D eigenvalue weighted by Crippen LogP contribution is -2.61. The van der Waals surface area contributed by atoms with Gasteiger partial charge < -0.3 is 19.6 Å². The summed E-state index contributed by atoms with van der Waals surface area (Å²) in [4.78, 5) is 37.8. The van der Waals surface area contributed by atoms with Crippen LogP contribution in [0.1, 0.15) is 12.0 Å². The van der Waals surface area contributed by atoms with Gasteiger partial charge in [-0.3, -0.25) is 9.59 Å². The summed E-state index contributed by atoms with van der Waals surface area (Å²) in [6, 6.07) is 9.29. The van der Waals surface area contributed by atoms with Gasteiger partial charge >= 0.3 is 12.1 Å². The molecule has 0 aliphatic carbocycles. The Labute approximate surface area is 133 Å². The Kier molecular flexibility index (Phi) is 4.18. The second-order valence-corrected chi connectivity index (χ2v) is 5.88. The molecule has 2 aliphatic heterocycles. The number of hydrogen-bond acceptors (Lipinski definition) is 4. The van der Waals surface area contributed by atoms with Gasteiger partial charge in [0.05, 0.1) is 12.0 Å². The summed E-state index contributed by atoms with van der Waals surface area (Å²) >= 11 is 0. The molecule has 2 aliphatic rings. The maximum atomic E-state index is 11.9. The molecule has 2 fully saturated rings. The Balaban J connectivity index is 1.45. The molecule has 122 valence electrons. The lowest BCUT2D eigenvalue weighted by Gasteiger charge is -2.43. The maximum Gasteiger partial charge on any atom is 0.410 e. The molecule has 0 radical (unpaired) electrons. The molecule has 1 N–H and O–H groups in total. The number of hydrogen-bond donors (Lipinski definition) is 1. The zero-order valence-corrected chi connectivity index (χ0v) is 12.6. The van der Waals surface area contributed by atoms with Crippen LogP contribution in [0.2, 0.25) is 0 Å². The molecule has 0 spiro atoms. The lowest BCUT2D eigenvalue weighted by molar-refractivity contribution is -0.141. The fourth-order valence-corrected chi connectivity index (χ4v) is 2.86. The summed E-state index contributed by atoms with van der Waals surface area (Å²) in [6.07, 6.45) is -0.365. The van der Waals surface area contributed by atoms with Gasteiger partial charge in [0, 0.05) is 26.1 Å². The maximum absolute atomic E-state index is 11.9. The third-order valence-corrected chi connectivity index (χ3v) is 4.27. The molecule has 1 unspecified atom stereocenters. The molecule has 23 heavy (non-hydrogen) atoms. The van der Waals surface area contributed by atoms with E-state index in [0.29, 0.717) is 13.1 Å². The summed E-state index contributed by atoms with van der Waals surface area (Å²) in [5.74, 6) is -1.74. The number of carbonyl (C=O) groups excluding carboxylic acids is 2. The topological polar surface area (TPSA) is 87.2 Å². The Morgan fingerprint density at radius 3 is 2.48 bits per heavy atom. The van der Waals surface area contributed by atoms with E-state index in [1.54, 1.807) is 4.90 Å². The average Bonchev–Trinajstić information content (AvgIpc) is 2.87.